The van der Waals surface area contributed by atoms with Crippen molar-refractivity contribution in [2.45, 2.75) is 19.3 Å². The third-order valence-electron chi connectivity index (χ3n) is 3.69. The molecule has 1 aromatic rings. The molecule has 0 radical (unpaired) electrons. The summed E-state index contributed by atoms with van der Waals surface area (Å²) in [5.41, 5.74) is -0.0445. The molecule has 1 aromatic heterocycles. The molecule has 17 heavy (non-hydrogen) atoms. The fraction of sp³-hybridized carbons (Fsp3) is 0.500. The monoisotopic (exact) mass is 238 g/mol. The molecular weight excluding hydrogens is 226 g/mol. The van der Waals surface area contributed by atoms with Crippen LogP contribution in [0.15, 0.2) is 12.1 Å². The van der Waals surface area contributed by atoms with Crippen LogP contribution >= 0.6 is 0 Å². The van der Waals surface area contributed by atoms with Gasteiger partial charge in [0.1, 0.15) is 0 Å². The Balaban J connectivity index is 1.67. The number of amides is 1. The molecule has 90 valence electrons. The van der Waals surface area contributed by atoms with Gasteiger partial charge in [-0.2, -0.15) is 13.8 Å². The fourth-order valence-electron chi connectivity index (χ4n) is 2.67. The smallest absolute Gasteiger partial charge is 0.239 e. The van der Waals surface area contributed by atoms with Crippen LogP contribution in [0.3, 0.4) is 0 Å². The van der Waals surface area contributed by atoms with E-state index < -0.39 is 11.9 Å². The predicted molar refractivity (Wildman–Crippen MR) is 57.1 cm³/mol. The number of nitrogens with zero attached hydrogens (tertiary/aromatic N) is 1. The Hall–Kier alpha value is -1.52. The summed E-state index contributed by atoms with van der Waals surface area (Å²) in [4.78, 5) is 14.8. The summed E-state index contributed by atoms with van der Waals surface area (Å²) < 4.78 is 25.8. The van der Waals surface area contributed by atoms with Crippen LogP contribution in [0.1, 0.15) is 19.3 Å². The Morgan fingerprint density at radius 1 is 1.24 bits per heavy atom. The Labute approximate surface area is 97.2 Å². The van der Waals surface area contributed by atoms with E-state index in [4.69, 9.17) is 0 Å². The summed E-state index contributed by atoms with van der Waals surface area (Å²) in [6, 6.07) is 2.23. The summed E-state index contributed by atoms with van der Waals surface area (Å²) in [5, 5.41) is 2.48. The zero-order chi connectivity index (χ0) is 12.0. The van der Waals surface area contributed by atoms with Crippen LogP contribution in [0.5, 0.6) is 0 Å². The van der Waals surface area contributed by atoms with Crippen molar-refractivity contribution >= 4 is 11.6 Å². The number of carbonyl (C=O) groups is 1. The Morgan fingerprint density at radius 3 is 2.59 bits per heavy atom. The molecule has 2 aliphatic carbocycles. The van der Waals surface area contributed by atoms with E-state index in [9.17, 15) is 13.6 Å². The van der Waals surface area contributed by atoms with Gasteiger partial charge in [-0.25, -0.2) is 0 Å². The molecule has 2 atom stereocenters. The molecule has 2 saturated carbocycles. The van der Waals surface area contributed by atoms with Gasteiger partial charge in [-0.3, -0.25) is 4.79 Å². The number of carbonyl (C=O) groups excluding carboxylic acids is 1. The van der Waals surface area contributed by atoms with Gasteiger partial charge in [-0.05, 0) is 43.2 Å². The Bertz CT molecular complexity index is 468. The van der Waals surface area contributed by atoms with Gasteiger partial charge in [-0.15, -0.1) is 0 Å². The normalized spacial score (nSPS) is 29.9. The minimum absolute atomic E-state index is 0.0248. The second-order valence-corrected chi connectivity index (χ2v) is 4.89. The maximum atomic E-state index is 13.2. The van der Waals surface area contributed by atoms with E-state index in [1.165, 1.54) is 12.5 Å². The number of fused-ring (bicyclic) bond motifs is 1. The third-order valence-corrected chi connectivity index (χ3v) is 3.69. The lowest BCUT2D eigenvalue weighted by Gasteiger charge is -2.12. The number of nitrogens with one attached hydrogen (secondary N) is 1. The van der Waals surface area contributed by atoms with Crippen LogP contribution in [0.25, 0.3) is 0 Å². The number of aromatic nitrogens is 1. The van der Waals surface area contributed by atoms with Crippen LogP contribution in [-0.4, -0.2) is 10.9 Å². The highest BCUT2D eigenvalue weighted by Crippen LogP contribution is 2.54. The number of hydrogen-bond acceptors (Lipinski definition) is 2. The SMILES string of the molecule is O=C(Nc1ccc(F)nc1F)C1CC2CC2C1. The molecule has 3 nitrogen and oxygen atoms in total. The number of pyridine rings is 1. The van der Waals surface area contributed by atoms with Gasteiger partial charge in [0.25, 0.3) is 0 Å². The standard InChI is InChI=1S/C12H12F2N2O/c13-10-2-1-9(11(14)16-10)15-12(17)8-4-6-3-7(6)5-8/h1-2,6-8H,3-5H2,(H,15,17). The van der Waals surface area contributed by atoms with E-state index in [1.54, 1.807) is 0 Å². The quantitative estimate of drug-likeness (QED) is 0.803. The lowest BCUT2D eigenvalue weighted by Crippen LogP contribution is -2.22. The topological polar surface area (TPSA) is 42.0 Å². The van der Waals surface area contributed by atoms with E-state index in [-0.39, 0.29) is 17.5 Å². The molecule has 0 spiro atoms. The Morgan fingerprint density at radius 2 is 1.94 bits per heavy atom. The van der Waals surface area contributed by atoms with Crippen LogP contribution in [0.4, 0.5) is 14.5 Å². The molecule has 5 heteroatoms. The molecule has 2 fully saturated rings. The van der Waals surface area contributed by atoms with Crippen molar-refractivity contribution < 1.29 is 13.6 Å². The van der Waals surface area contributed by atoms with Gasteiger partial charge in [0.2, 0.25) is 17.8 Å². The van der Waals surface area contributed by atoms with Crippen molar-refractivity contribution in [2.75, 3.05) is 5.32 Å². The molecule has 1 amide bonds. The van der Waals surface area contributed by atoms with Crippen molar-refractivity contribution in [2.24, 2.45) is 17.8 Å². The second-order valence-electron chi connectivity index (χ2n) is 4.89. The molecule has 0 bridgehead atoms. The van der Waals surface area contributed by atoms with Gasteiger partial charge in [0.05, 0.1) is 5.69 Å². The van der Waals surface area contributed by atoms with E-state index in [0.717, 1.165) is 18.9 Å². The second kappa shape index (κ2) is 3.75. The minimum Gasteiger partial charge on any atom is -0.322 e. The summed E-state index contributed by atoms with van der Waals surface area (Å²) in [5.74, 6) is -0.666. The van der Waals surface area contributed by atoms with Crippen LogP contribution in [0, 0.1) is 29.6 Å². The number of hydrogen-bond donors (Lipinski definition) is 1. The highest BCUT2D eigenvalue weighted by Gasteiger charge is 2.48. The average molecular weight is 238 g/mol. The molecule has 0 aliphatic heterocycles. The first-order chi connectivity index (χ1) is 8.13. The van der Waals surface area contributed by atoms with Crippen LogP contribution < -0.4 is 5.32 Å². The average Bonchev–Trinajstić information content (AvgIpc) is 2.89. The first-order valence-corrected chi connectivity index (χ1v) is 5.76. The van der Waals surface area contributed by atoms with Gasteiger partial charge in [-0.1, -0.05) is 0 Å². The summed E-state index contributed by atoms with van der Waals surface area (Å²) in [7, 11) is 0. The molecule has 1 heterocycles. The first-order valence-electron chi connectivity index (χ1n) is 5.76. The molecule has 0 saturated heterocycles. The van der Waals surface area contributed by atoms with Crippen molar-refractivity contribution in [1.29, 1.82) is 0 Å². The van der Waals surface area contributed by atoms with Gasteiger partial charge in [0.15, 0.2) is 0 Å². The van der Waals surface area contributed by atoms with Crippen molar-refractivity contribution in [1.82, 2.24) is 4.98 Å². The lowest BCUT2D eigenvalue weighted by atomic mass is 10.0. The largest absolute Gasteiger partial charge is 0.322 e. The van der Waals surface area contributed by atoms with Crippen LogP contribution in [-0.2, 0) is 4.79 Å². The molecular formula is C12H12F2N2O. The van der Waals surface area contributed by atoms with E-state index >= 15 is 0 Å². The summed E-state index contributed by atoms with van der Waals surface area (Å²) in [6.07, 6.45) is 3.02. The minimum atomic E-state index is -0.971. The summed E-state index contributed by atoms with van der Waals surface area (Å²) >= 11 is 0. The molecule has 1 N–H and O–H groups in total. The van der Waals surface area contributed by atoms with E-state index in [0.29, 0.717) is 11.8 Å². The fourth-order valence-corrected chi connectivity index (χ4v) is 2.67. The molecule has 2 aliphatic rings. The lowest BCUT2D eigenvalue weighted by molar-refractivity contribution is -0.120. The highest BCUT2D eigenvalue weighted by molar-refractivity contribution is 5.92. The Kier molecular flexibility index (Phi) is 2.34. The van der Waals surface area contributed by atoms with Gasteiger partial charge in [0, 0.05) is 5.92 Å². The molecule has 3 rings (SSSR count). The molecule has 0 aromatic carbocycles. The molecule has 2 unspecified atom stereocenters. The van der Waals surface area contributed by atoms with Crippen LogP contribution in [0.2, 0.25) is 0 Å². The van der Waals surface area contributed by atoms with Crippen molar-refractivity contribution in [3.63, 3.8) is 0 Å². The number of halogens is 2. The zero-order valence-electron chi connectivity index (χ0n) is 9.12. The maximum Gasteiger partial charge on any atom is 0.239 e. The number of rotatable bonds is 2. The van der Waals surface area contributed by atoms with Crippen molar-refractivity contribution in [3.8, 4) is 0 Å². The summed E-state index contributed by atoms with van der Waals surface area (Å²) in [6.45, 7) is 0. The van der Waals surface area contributed by atoms with Crippen molar-refractivity contribution in [3.05, 3.63) is 24.0 Å². The van der Waals surface area contributed by atoms with Gasteiger partial charge < -0.3 is 5.32 Å². The maximum absolute atomic E-state index is 13.2. The number of anilines is 1. The predicted octanol–water partition coefficient (Wildman–Crippen LogP) is 2.34. The van der Waals surface area contributed by atoms with E-state index in [1.807, 2.05) is 0 Å². The first kappa shape index (κ1) is 10.6. The third kappa shape index (κ3) is 2.01. The zero-order valence-corrected chi connectivity index (χ0v) is 9.12. The van der Waals surface area contributed by atoms with E-state index in [2.05, 4.69) is 10.3 Å². The van der Waals surface area contributed by atoms with Gasteiger partial charge >= 0.3 is 0 Å². The highest BCUT2D eigenvalue weighted by atomic mass is 19.1.